The molecule has 0 saturated carbocycles. The zero-order valence-corrected chi connectivity index (χ0v) is 15.9. The van der Waals surface area contributed by atoms with Crippen molar-refractivity contribution < 1.29 is 16.8 Å². The molecule has 0 spiro atoms. The summed E-state index contributed by atoms with van der Waals surface area (Å²) in [5, 5.41) is 6.53. The minimum absolute atomic E-state index is 0. The quantitative estimate of drug-likeness (QED) is 0.703. The summed E-state index contributed by atoms with van der Waals surface area (Å²) in [7, 11) is 0. The van der Waals surface area contributed by atoms with Gasteiger partial charge in [0.25, 0.3) is 5.56 Å². The molecule has 3 heterocycles. The van der Waals surface area contributed by atoms with Crippen LogP contribution in [0.1, 0.15) is 39.6 Å². The van der Waals surface area contributed by atoms with Gasteiger partial charge in [0.2, 0.25) is 0 Å². The summed E-state index contributed by atoms with van der Waals surface area (Å²) in [6, 6.07) is 10.3. The molecule has 0 bridgehead atoms. The minimum Gasteiger partial charge on any atom is -0.459 e. The van der Waals surface area contributed by atoms with Crippen LogP contribution in [0, 0.1) is 6.92 Å². The van der Waals surface area contributed by atoms with Gasteiger partial charge in [-0.25, -0.2) is 4.79 Å². The number of urea groups is 1. The summed E-state index contributed by atoms with van der Waals surface area (Å²) in [5.74, 6) is 0.699. The number of fused-ring (bicyclic) bond motifs is 1. The number of carbonyl (C=O) groups is 1. The molecule has 7 heteroatoms. The third-order valence-corrected chi connectivity index (χ3v) is 5.14. The van der Waals surface area contributed by atoms with E-state index in [1.807, 2.05) is 38.1 Å². The van der Waals surface area contributed by atoms with Crippen LogP contribution in [0.15, 0.2) is 51.8 Å². The summed E-state index contributed by atoms with van der Waals surface area (Å²) < 4.78 is 12.9. The lowest BCUT2D eigenvalue weighted by atomic mass is 10.1. The highest BCUT2D eigenvalue weighted by Gasteiger charge is 2.21. The van der Waals surface area contributed by atoms with Crippen molar-refractivity contribution in [2.24, 2.45) is 0 Å². The van der Waals surface area contributed by atoms with Crippen molar-refractivity contribution in [1.29, 1.82) is 0 Å². The van der Waals surface area contributed by atoms with Crippen LogP contribution in [-0.4, -0.2) is 23.8 Å². The van der Waals surface area contributed by atoms with E-state index in [0.29, 0.717) is 19.0 Å². The van der Waals surface area contributed by atoms with E-state index in [0.717, 1.165) is 23.0 Å². The van der Waals surface area contributed by atoms with E-state index >= 15 is 0 Å². The number of carbonyl (C=O) groups excluding carboxylic acids is 1. The Balaban J connectivity index is 0.00000160. The summed E-state index contributed by atoms with van der Waals surface area (Å²) in [4.78, 5) is 25.1. The summed E-state index contributed by atoms with van der Waals surface area (Å²) >= 11 is 0. The van der Waals surface area contributed by atoms with E-state index in [2.05, 4.69) is 10.6 Å². The average molecular weight is 385 g/mol. The van der Waals surface area contributed by atoms with Crippen LogP contribution in [0.4, 0.5) is 10.5 Å². The summed E-state index contributed by atoms with van der Waals surface area (Å²) in [5.41, 5.74) is 1.78. The number of pyridine rings is 1. The fourth-order valence-corrected chi connectivity index (χ4v) is 3.66. The number of benzene rings is 1. The van der Waals surface area contributed by atoms with E-state index in [1.165, 1.54) is 0 Å². The molecule has 2 atom stereocenters. The Kier molecular flexibility index (Phi) is 4.92. The first-order valence-electron chi connectivity index (χ1n) is 9.39. The van der Waals surface area contributed by atoms with Crippen LogP contribution in [-0.2, 0) is 4.74 Å². The predicted octanol–water partition coefficient (Wildman–Crippen LogP) is 4.24. The molecule has 2 N–H and O–H groups in total. The van der Waals surface area contributed by atoms with E-state index in [-0.39, 0.29) is 26.2 Å². The summed E-state index contributed by atoms with van der Waals surface area (Å²) in [6.45, 7) is 4.97. The van der Waals surface area contributed by atoms with Crippen LogP contribution in [0.2, 0.25) is 0 Å². The zero-order valence-electron chi connectivity index (χ0n) is 15.9. The highest BCUT2D eigenvalue weighted by atomic mass is 16.5. The Morgan fingerprint density at radius 3 is 2.86 bits per heavy atom. The minimum atomic E-state index is -0.454. The fourth-order valence-electron chi connectivity index (χ4n) is 3.66. The smallest absolute Gasteiger partial charge is 0.319 e. The SMILES string of the molecule is Cc1c(C(C)NC(=O)Nc2cccn([C@H]3CCOC3)c2=O)oc2ccccc12.[HH].[HH]. The highest BCUT2D eigenvalue weighted by molar-refractivity contribution is 5.89. The number of aromatic nitrogens is 1. The third kappa shape index (κ3) is 3.41. The lowest BCUT2D eigenvalue weighted by Gasteiger charge is -2.16. The first-order valence-corrected chi connectivity index (χ1v) is 9.39. The van der Waals surface area contributed by atoms with E-state index in [1.54, 1.807) is 22.9 Å². The van der Waals surface area contributed by atoms with E-state index in [9.17, 15) is 9.59 Å². The topological polar surface area (TPSA) is 85.5 Å². The molecule has 2 amide bonds. The molecule has 2 aromatic heterocycles. The van der Waals surface area contributed by atoms with Crippen molar-refractivity contribution >= 4 is 22.7 Å². The maximum atomic E-state index is 12.7. The van der Waals surface area contributed by atoms with Gasteiger partial charge < -0.3 is 24.4 Å². The number of amides is 2. The molecule has 7 nitrogen and oxygen atoms in total. The second-order valence-electron chi connectivity index (χ2n) is 7.06. The normalized spacial score (nSPS) is 17.6. The van der Waals surface area contributed by atoms with Crippen LogP contribution in [0.25, 0.3) is 11.0 Å². The number of ether oxygens (including phenoxy) is 1. The molecule has 3 aromatic rings. The van der Waals surface area contributed by atoms with Crippen molar-refractivity contribution in [1.82, 2.24) is 9.88 Å². The molecule has 28 heavy (non-hydrogen) atoms. The maximum Gasteiger partial charge on any atom is 0.319 e. The lowest BCUT2D eigenvalue weighted by Crippen LogP contribution is -2.35. The number of anilines is 1. The molecular formula is C21H27N3O4. The van der Waals surface area contributed by atoms with Gasteiger partial charge >= 0.3 is 6.03 Å². The standard InChI is InChI=1S/C21H23N3O4.2H2/c1-13-16-6-3-4-8-18(16)28-19(13)14(2)22-21(26)23-17-7-5-10-24(20(17)25)15-9-11-27-12-15;;/h3-8,10,14-15H,9,11-12H2,1-2H3,(H2,22,23,26);2*1H/t14?,15-;;/m0../s1. The van der Waals surface area contributed by atoms with Crippen molar-refractivity contribution in [3.8, 4) is 0 Å². The first-order chi connectivity index (χ1) is 13.5. The number of hydrogen-bond donors (Lipinski definition) is 2. The number of hydrogen-bond acceptors (Lipinski definition) is 4. The van der Waals surface area contributed by atoms with Gasteiger partial charge in [-0.05, 0) is 38.5 Å². The number of para-hydroxylation sites is 1. The number of furan rings is 1. The molecule has 1 aliphatic heterocycles. The van der Waals surface area contributed by atoms with Gasteiger partial charge in [-0.3, -0.25) is 4.79 Å². The molecule has 1 aliphatic rings. The molecule has 1 fully saturated rings. The van der Waals surface area contributed by atoms with Crippen molar-refractivity contribution in [3.63, 3.8) is 0 Å². The van der Waals surface area contributed by atoms with Crippen molar-refractivity contribution in [2.75, 3.05) is 18.5 Å². The average Bonchev–Trinajstić information content (AvgIpc) is 3.32. The van der Waals surface area contributed by atoms with Crippen molar-refractivity contribution in [2.45, 2.75) is 32.4 Å². The third-order valence-electron chi connectivity index (χ3n) is 5.14. The predicted molar refractivity (Wildman–Crippen MR) is 111 cm³/mol. The molecule has 0 aliphatic carbocycles. The van der Waals surface area contributed by atoms with Gasteiger partial charge in [0.15, 0.2) is 0 Å². The van der Waals surface area contributed by atoms with Gasteiger partial charge in [-0.1, -0.05) is 18.2 Å². The number of aryl methyl sites for hydroxylation is 1. The Labute approximate surface area is 165 Å². The number of rotatable bonds is 4. The number of nitrogens with zero attached hydrogens (tertiary/aromatic N) is 1. The van der Waals surface area contributed by atoms with Crippen LogP contribution in [0.3, 0.4) is 0 Å². The second-order valence-corrected chi connectivity index (χ2v) is 7.06. The Morgan fingerprint density at radius 1 is 1.29 bits per heavy atom. The molecule has 150 valence electrons. The molecule has 1 aromatic carbocycles. The molecule has 4 rings (SSSR count). The van der Waals surface area contributed by atoms with Gasteiger partial charge in [-0.2, -0.15) is 0 Å². The van der Waals surface area contributed by atoms with Gasteiger partial charge in [-0.15, -0.1) is 0 Å². The zero-order chi connectivity index (χ0) is 19.7. The largest absolute Gasteiger partial charge is 0.459 e. The van der Waals surface area contributed by atoms with Crippen LogP contribution in [0.5, 0.6) is 0 Å². The Morgan fingerprint density at radius 2 is 2.11 bits per heavy atom. The van der Waals surface area contributed by atoms with Gasteiger partial charge in [0.05, 0.1) is 18.7 Å². The van der Waals surface area contributed by atoms with Crippen molar-refractivity contribution in [3.05, 3.63) is 64.3 Å². The molecule has 1 unspecified atom stereocenters. The Hall–Kier alpha value is -3.06. The maximum absolute atomic E-state index is 12.7. The Bertz CT molecular complexity index is 1070. The monoisotopic (exact) mass is 385 g/mol. The fraction of sp³-hybridized carbons (Fsp3) is 0.333. The van der Waals surface area contributed by atoms with E-state index in [4.69, 9.17) is 9.15 Å². The van der Waals surface area contributed by atoms with Crippen LogP contribution < -0.4 is 16.2 Å². The highest BCUT2D eigenvalue weighted by Crippen LogP contribution is 2.29. The van der Waals surface area contributed by atoms with E-state index < -0.39 is 6.03 Å². The van der Waals surface area contributed by atoms with Gasteiger partial charge in [0, 0.05) is 26.6 Å². The molecule has 1 saturated heterocycles. The van der Waals surface area contributed by atoms with Crippen LogP contribution >= 0.6 is 0 Å². The lowest BCUT2D eigenvalue weighted by molar-refractivity contribution is 0.186. The molecule has 0 radical (unpaired) electrons. The summed E-state index contributed by atoms with van der Waals surface area (Å²) in [6.07, 6.45) is 2.52. The first kappa shape index (κ1) is 18.3. The number of nitrogens with one attached hydrogen (secondary N) is 2. The second kappa shape index (κ2) is 7.52. The molecular weight excluding hydrogens is 358 g/mol. The van der Waals surface area contributed by atoms with Gasteiger partial charge in [0.1, 0.15) is 17.0 Å².